The van der Waals surface area contributed by atoms with Crippen molar-refractivity contribution in [2.45, 2.75) is 26.2 Å². The first-order valence-electron chi connectivity index (χ1n) is 9.99. The standard InChI is InChI=1S/C25H20FN3O/c1-16-14-29(15-27-16)22-10-11-23-19(13-22)5-4-18-6-9-21(28-24(18)25(23)30)12-17-2-7-20(26)8-3-17/h2-3,6-11,13-15H,4-5,12H2,1H3. The lowest BCUT2D eigenvalue weighted by Gasteiger charge is -2.09. The van der Waals surface area contributed by atoms with Gasteiger partial charge in [-0.1, -0.05) is 18.2 Å². The van der Waals surface area contributed by atoms with Gasteiger partial charge < -0.3 is 4.57 Å². The lowest BCUT2D eigenvalue weighted by Crippen LogP contribution is -2.09. The molecule has 0 aliphatic heterocycles. The van der Waals surface area contributed by atoms with Crippen molar-refractivity contribution in [3.05, 3.63) is 112 Å². The highest BCUT2D eigenvalue weighted by Crippen LogP contribution is 2.26. The van der Waals surface area contributed by atoms with E-state index in [1.54, 1.807) is 18.5 Å². The monoisotopic (exact) mass is 397 g/mol. The predicted molar refractivity (Wildman–Crippen MR) is 113 cm³/mol. The lowest BCUT2D eigenvalue weighted by atomic mass is 10.0. The molecule has 4 aromatic rings. The molecule has 0 saturated heterocycles. The fraction of sp³-hybridized carbons (Fsp3) is 0.160. The number of carbonyl (C=O) groups is 1. The number of hydrogen-bond donors (Lipinski definition) is 0. The predicted octanol–water partition coefficient (Wildman–Crippen LogP) is 4.64. The Morgan fingerprint density at radius 3 is 2.57 bits per heavy atom. The molecular formula is C25H20FN3O. The van der Waals surface area contributed by atoms with Crippen LogP contribution in [0.25, 0.3) is 5.69 Å². The number of hydrogen-bond acceptors (Lipinski definition) is 3. The molecule has 2 aromatic carbocycles. The molecule has 5 heteroatoms. The smallest absolute Gasteiger partial charge is 0.211 e. The summed E-state index contributed by atoms with van der Waals surface area (Å²) in [7, 11) is 0. The van der Waals surface area contributed by atoms with Crippen LogP contribution in [0.3, 0.4) is 0 Å². The molecule has 2 aromatic heterocycles. The average Bonchev–Trinajstić information content (AvgIpc) is 3.14. The summed E-state index contributed by atoms with van der Waals surface area (Å²) in [5, 5.41) is 0. The third-order valence-corrected chi connectivity index (χ3v) is 5.56. The van der Waals surface area contributed by atoms with Gasteiger partial charge in [-0.2, -0.15) is 0 Å². The Kier molecular flexibility index (Phi) is 4.51. The second-order valence-electron chi connectivity index (χ2n) is 7.71. The van der Waals surface area contributed by atoms with Crippen LogP contribution < -0.4 is 0 Å². The van der Waals surface area contributed by atoms with Gasteiger partial charge in [0, 0.05) is 29.6 Å². The van der Waals surface area contributed by atoms with Crippen LogP contribution in [0.4, 0.5) is 4.39 Å². The minimum atomic E-state index is -0.259. The number of imidazole rings is 1. The molecule has 1 aliphatic carbocycles. The van der Waals surface area contributed by atoms with E-state index in [4.69, 9.17) is 4.98 Å². The van der Waals surface area contributed by atoms with E-state index < -0.39 is 0 Å². The Labute approximate surface area is 174 Å². The van der Waals surface area contributed by atoms with Crippen LogP contribution in [0.5, 0.6) is 0 Å². The number of halogens is 1. The zero-order valence-corrected chi connectivity index (χ0v) is 16.6. The van der Waals surface area contributed by atoms with Gasteiger partial charge in [-0.05, 0) is 72.9 Å². The summed E-state index contributed by atoms with van der Waals surface area (Å²) >= 11 is 0. The fourth-order valence-electron chi connectivity index (χ4n) is 3.96. The van der Waals surface area contributed by atoms with Gasteiger partial charge in [-0.15, -0.1) is 0 Å². The summed E-state index contributed by atoms with van der Waals surface area (Å²) < 4.78 is 15.1. The van der Waals surface area contributed by atoms with E-state index >= 15 is 0 Å². The summed E-state index contributed by atoms with van der Waals surface area (Å²) in [5.41, 5.74) is 6.96. The van der Waals surface area contributed by atoms with Crippen LogP contribution in [-0.4, -0.2) is 20.3 Å². The first-order chi connectivity index (χ1) is 14.6. The van der Waals surface area contributed by atoms with Crippen molar-refractivity contribution in [2.75, 3.05) is 0 Å². The Morgan fingerprint density at radius 2 is 1.80 bits per heavy atom. The highest BCUT2D eigenvalue weighted by atomic mass is 19.1. The van der Waals surface area contributed by atoms with Gasteiger partial charge in [0.25, 0.3) is 0 Å². The quantitative estimate of drug-likeness (QED) is 0.506. The zero-order valence-electron chi connectivity index (χ0n) is 16.6. The van der Waals surface area contributed by atoms with E-state index in [1.165, 1.54) is 12.1 Å². The number of carbonyl (C=O) groups excluding carboxylic acids is 1. The van der Waals surface area contributed by atoms with Gasteiger partial charge in [0.1, 0.15) is 11.5 Å². The third kappa shape index (κ3) is 3.43. The molecule has 0 amide bonds. The number of aromatic nitrogens is 3. The second kappa shape index (κ2) is 7.34. The minimum Gasteiger partial charge on any atom is -0.306 e. The molecule has 0 N–H and O–H groups in total. The van der Waals surface area contributed by atoms with Crippen LogP contribution >= 0.6 is 0 Å². The van der Waals surface area contributed by atoms with E-state index in [2.05, 4.69) is 11.1 Å². The number of benzene rings is 2. The number of aryl methyl sites for hydroxylation is 3. The van der Waals surface area contributed by atoms with Crippen molar-refractivity contribution < 1.29 is 9.18 Å². The number of pyridine rings is 1. The normalized spacial score (nSPS) is 12.9. The molecule has 148 valence electrons. The molecule has 1 aliphatic rings. The van der Waals surface area contributed by atoms with Gasteiger partial charge in [0.05, 0.1) is 12.0 Å². The molecule has 0 fully saturated rings. The molecule has 5 rings (SSSR count). The SMILES string of the molecule is Cc1cn(-c2ccc3c(c2)CCc2ccc(Cc4ccc(F)cc4)nc2C3=O)cn1. The van der Waals surface area contributed by atoms with Gasteiger partial charge in [-0.3, -0.25) is 4.79 Å². The van der Waals surface area contributed by atoms with E-state index in [9.17, 15) is 9.18 Å². The number of nitrogens with zero attached hydrogens (tertiary/aromatic N) is 3. The van der Waals surface area contributed by atoms with Crippen LogP contribution in [0.15, 0.2) is 67.1 Å². The molecule has 0 unspecified atom stereocenters. The summed E-state index contributed by atoms with van der Waals surface area (Å²) in [6.45, 7) is 1.95. The van der Waals surface area contributed by atoms with Crippen LogP contribution in [0.2, 0.25) is 0 Å². The van der Waals surface area contributed by atoms with E-state index in [-0.39, 0.29) is 11.6 Å². The third-order valence-electron chi connectivity index (χ3n) is 5.56. The molecule has 30 heavy (non-hydrogen) atoms. The summed E-state index contributed by atoms with van der Waals surface area (Å²) in [4.78, 5) is 22.3. The summed E-state index contributed by atoms with van der Waals surface area (Å²) in [6.07, 6.45) is 5.87. The molecule has 0 bridgehead atoms. The first-order valence-corrected chi connectivity index (χ1v) is 9.99. The average molecular weight is 397 g/mol. The van der Waals surface area contributed by atoms with Crippen molar-refractivity contribution in [1.82, 2.24) is 14.5 Å². The van der Waals surface area contributed by atoms with Crippen LogP contribution in [-0.2, 0) is 19.3 Å². The highest BCUT2D eigenvalue weighted by molar-refractivity contribution is 6.10. The van der Waals surface area contributed by atoms with Crippen LogP contribution in [0, 0.1) is 12.7 Å². The maximum Gasteiger partial charge on any atom is 0.211 e. The number of rotatable bonds is 3. The van der Waals surface area contributed by atoms with Crippen LogP contribution in [0.1, 0.15) is 44.1 Å². The molecule has 4 nitrogen and oxygen atoms in total. The van der Waals surface area contributed by atoms with Crippen molar-refractivity contribution >= 4 is 5.78 Å². The molecule has 0 spiro atoms. The first kappa shape index (κ1) is 18.4. The lowest BCUT2D eigenvalue weighted by molar-refractivity contribution is 0.103. The van der Waals surface area contributed by atoms with Gasteiger partial charge in [0.2, 0.25) is 5.78 Å². The molecule has 0 atom stereocenters. The largest absolute Gasteiger partial charge is 0.306 e. The molecule has 0 radical (unpaired) electrons. The van der Waals surface area contributed by atoms with E-state index in [1.807, 2.05) is 42.0 Å². The van der Waals surface area contributed by atoms with Crippen molar-refractivity contribution in [2.24, 2.45) is 0 Å². The molecule has 2 heterocycles. The summed E-state index contributed by atoms with van der Waals surface area (Å²) in [5.74, 6) is -0.294. The Morgan fingerprint density at radius 1 is 1.00 bits per heavy atom. The maximum atomic E-state index is 13.3. The van der Waals surface area contributed by atoms with Crippen molar-refractivity contribution in [3.63, 3.8) is 0 Å². The Bertz CT molecular complexity index is 1260. The fourth-order valence-corrected chi connectivity index (χ4v) is 3.96. The van der Waals surface area contributed by atoms with E-state index in [0.29, 0.717) is 17.7 Å². The van der Waals surface area contributed by atoms with Crippen molar-refractivity contribution in [3.8, 4) is 5.69 Å². The van der Waals surface area contributed by atoms with Gasteiger partial charge in [0.15, 0.2) is 0 Å². The highest BCUT2D eigenvalue weighted by Gasteiger charge is 2.23. The zero-order chi connectivity index (χ0) is 20.7. The molecular weight excluding hydrogens is 377 g/mol. The molecule has 0 saturated carbocycles. The van der Waals surface area contributed by atoms with Crippen molar-refractivity contribution in [1.29, 1.82) is 0 Å². The van der Waals surface area contributed by atoms with Gasteiger partial charge >= 0.3 is 0 Å². The Hall–Kier alpha value is -3.60. The number of fused-ring (bicyclic) bond motifs is 2. The van der Waals surface area contributed by atoms with E-state index in [0.717, 1.165) is 46.6 Å². The van der Waals surface area contributed by atoms with Gasteiger partial charge in [-0.25, -0.2) is 14.4 Å². The summed E-state index contributed by atoms with van der Waals surface area (Å²) in [6, 6.07) is 16.3. The maximum absolute atomic E-state index is 13.3. The number of ketones is 1. The second-order valence-corrected chi connectivity index (χ2v) is 7.71. The minimum absolute atomic E-state index is 0.0354. The Balaban J connectivity index is 1.48. The topological polar surface area (TPSA) is 47.8 Å².